The molecule has 0 N–H and O–H groups in total. The first-order valence-electron chi connectivity index (χ1n) is 20.2. The van der Waals surface area contributed by atoms with Gasteiger partial charge in [0.05, 0.1) is 19.1 Å². The van der Waals surface area contributed by atoms with Crippen LogP contribution >= 0.6 is 11.6 Å². The van der Waals surface area contributed by atoms with Crippen molar-refractivity contribution in [2.75, 3.05) is 40.2 Å². The van der Waals surface area contributed by atoms with Crippen LogP contribution < -0.4 is 0 Å². The van der Waals surface area contributed by atoms with Gasteiger partial charge in [-0.1, -0.05) is 154 Å². The van der Waals surface area contributed by atoms with Crippen LogP contribution in [0.4, 0.5) is 0 Å². The molecule has 0 rings (SSSR count). The maximum absolute atomic E-state index is 6.20. The Balaban J connectivity index is 0. The minimum Gasteiger partial charge on any atom is -0.349 e. The molecule has 0 bridgehead atoms. The molecule has 46 heavy (non-hydrogen) atoms. The number of alkyl halides is 1. The Hall–Kier alpha value is -0.350. The molecular weight excluding hydrogens is 586 g/mol. The average molecular weight is 671 g/mol. The summed E-state index contributed by atoms with van der Waals surface area (Å²) in [7, 11) is 6.00. The third kappa shape index (κ3) is 43.6. The molecule has 0 aliphatic heterocycles. The molecule has 3 nitrogen and oxygen atoms in total. The number of hydrogen-bond acceptors (Lipinski definition) is 3. The van der Waals surface area contributed by atoms with Crippen LogP contribution in [-0.4, -0.2) is 50.9 Å². The van der Waals surface area contributed by atoms with E-state index in [0.29, 0.717) is 5.88 Å². The van der Waals surface area contributed by atoms with Crippen LogP contribution in [0.2, 0.25) is 0 Å². The van der Waals surface area contributed by atoms with E-state index in [1.165, 1.54) is 167 Å². The van der Waals surface area contributed by atoms with Gasteiger partial charge in [0.15, 0.2) is 5.79 Å². The molecule has 0 unspecified atom stereocenters. The van der Waals surface area contributed by atoms with Gasteiger partial charge < -0.3 is 14.4 Å². The summed E-state index contributed by atoms with van der Waals surface area (Å²) in [5, 5.41) is 0. The van der Waals surface area contributed by atoms with E-state index >= 15 is 0 Å². The standard InChI is InChI=1S/C39H75ClO2.C3H9N/c1-4-6-8-10-12-14-16-18-20-22-24-26-28-30-32-34-36-41-39(3,38-40)42-37-35-33-31-29-27-25-23-21-19-17-15-13-11-9-7-5-2;1-4(2)3/h18-21H,4-17,22-38H2,1-3H3;1-3H3/b20-18-,21-19-;. The highest BCUT2D eigenvalue weighted by Crippen LogP contribution is 2.18. The van der Waals surface area contributed by atoms with Crippen LogP contribution in [0.3, 0.4) is 0 Å². The molecule has 0 spiro atoms. The van der Waals surface area contributed by atoms with Gasteiger partial charge in [-0.05, 0) is 92.3 Å². The van der Waals surface area contributed by atoms with E-state index in [1.54, 1.807) is 0 Å². The smallest absolute Gasteiger partial charge is 0.178 e. The molecule has 0 heterocycles. The van der Waals surface area contributed by atoms with Gasteiger partial charge in [0.2, 0.25) is 0 Å². The zero-order valence-corrected chi connectivity index (χ0v) is 33.1. The summed E-state index contributed by atoms with van der Waals surface area (Å²) in [6.07, 6.45) is 46.7. The predicted octanol–water partition coefficient (Wildman–Crippen LogP) is 14.2. The number of hydrogen-bond donors (Lipinski definition) is 0. The lowest BCUT2D eigenvalue weighted by atomic mass is 10.1. The van der Waals surface area contributed by atoms with Gasteiger partial charge in [-0.25, -0.2) is 0 Å². The van der Waals surface area contributed by atoms with E-state index in [2.05, 4.69) is 38.2 Å². The highest BCUT2D eigenvalue weighted by molar-refractivity contribution is 6.18. The highest BCUT2D eigenvalue weighted by Gasteiger charge is 2.24. The van der Waals surface area contributed by atoms with Crippen molar-refractivity contribution in [2.24, 2.45) is 0 Å². The van der Waals surface area contributed by atoms with E-state index < -0.39 is 5.79 Å². The summed E-state index contributed by atoms with van der Waals surface area (Å²) in [6, 6.07) is 0. The zero-order valence-electron chi connectivity index (χ0n) is 32.4. The van der Waals surface area contributed by atoms with E-state index in [9.17, 15) is 0 Å². The third-order valence-electron chi connectivity index (χ3n) is 8.37. The largest absolute Gasteiger partial charge is 0.349 e. The molecular formula is C42H84ClNO2. The van der Waals surface area contributed by atoms with E-state index in [-0.39, 0.29) is 0 Å². The van der Waals surface area contributed by atoms with Crippen molar-refractivity contribution in [1.29, 1.82) is 0 Å². The van der Waals surface area contributed by atoms with Gasteiger partial charge in [-0.2, -0.15) is 0 Å². The number of unbranched alkanes of at least 4 members (excludes halogenated alkanes) is 24. The minimum absolute atomic E-state index is 0.395. The molecule has 0 aliphatic rings. The van der Waals surface area contributed by atoms with Gasteiger partial charge in [-0.3, -0.25) is 0 Å². The Morgan fingerprint density at radius 1 is 0.435 bits per heavy atom. The second kappa shape index (κ2) is 40.8. The monoisotopic (exact) mass is 670 g/mol. The van der Waals surface area contributed by atoms with Crippen LogP contribution in [0.15, 0.2) is 24.3 Å². The predicted molar refractivity (Wildman–Crippen MR) is 210 cm³/mol. The van der Waals surface area contributed by atoms with Crippen molar-refractivity contribution in [3.8, 4) is 0 Å². The van der Waals surface area contributed by atoms with Crippen molar-refractivity contribution < 1.29 is 9.47 Å². The molecule has 0 atom stereocenters. The summed E-state index contributed by atoms with van der Waals surface area (Å²) in [4.78, 5) is 2.00. The first-order valence-corrected chi connectivity index (χ1v) is 20.7. The molecule has 0 aromatic carbocycles. The normalized spacial score (nSPS) is 12.1. The Bertz CT molecular complexity index is 560. The van der Waals surface area contributed by atoms with Crippen molar-refractivity contribution in [3.63, 3.8) is 0 Å². The Labute approximate surface area is 296 Å². The SMILES string of the molecule is CCCCCCCC/C=C\CCCCCCCCOC(C)(CCl)OCCCCCCCC/C=C\CCCCCCCC.CN(C)C. The molecule has 0 radical (unpaired) electrons. The van der Waals surface area contributed by atoms with E-state index in [0.717, 1.165) is 26.1 Å². The fourth-order valence-corrected chi connectivity index (χ4v) is 5.55. The molecule has 0 aliphatic carbocycles. The maximum atomic E-state index is 6.20. The van der Waals surface area contributed by atoms with Crippen LogP contribution in [0, 0.1) is 0 Å². The average Bonchev–Trinajstić information content (AvgIpc) is 3.03. The Kier molecular flexibility index (Phi) is 42.4. The number of ether oxygens (including phenoxy) is 2. The van der Waals surface area contributed by atoms with Crippen molar-refractivity contribution in [1.82, 2.24) is 4.90 Å². The van der Waals surface area contributed by atoms with Gasteiger partial charge in [-0.15, -0.1) is 11.6 Å². The molecule has 0 fully saturated rings. The number of halogens is 1. The van der Waals surface area contributed by atoms with Gasteiger partial charge >= 0.3 is 0 Å². The van der Waals surface area contributed by atoms with Crippen molar-refractivity contribution in [2.45, 2.75) is 206 Å². The fraction of sp³-hybridized carbons (Fsp3) is 0.905. The summed E-state index contributed by atoms with van der Waals surface area (Å²) in [6.45, 7) is 8.06. The second-order valence-electron chi connectivity index (χ2n) is 14.2. The zero-order chi connectivity index (χ0) is 34.2. The molecule has 0 amide bonds. The first-order chi connectivity index (χ1) is 22.4. The number of rotatable bonds is 35. The van der Waals surface area contributed by atoms with Gasteiger partial charge in [0.1, 0.15) is 0 Å². The summed E-state index contributed by atoms with van der Waals surface area (Å²) in [5.41, 5.74) is 0. The minimum atomic E-state index is -0.634. The number of allylic oxidation sites excluding steroid dienone is 4. The summed E-state index contributed by atoms with van der Waals surface area (Å²) < 4.78 is 12.1. The molecule has 0 saturated heterocycles. The van der Waals surface area contributed by atoms with Crippen molar-refractivity contribution >= 4 is 11.6 Å². The third-order valence-corrected chi connectivity index (χ3v) is 8.86. The Morgan fingerprint density at radius 2 is 0.674 bits per heavy atom. The lowest BCUT2D eigenvalue weighted by Crippen LogP contribution is -2.35. The topological polar surface area (TPSA) is 21.7 Å². The lowest BCUT2D eigenvalue weighted by Gasteiger charge is -2.28. The van der Waals surface area contributed by atoms with Crippen LogP contribution in [0.5, 0.6) is 0 Å². The fourth-order valence-electron chi connectivity index (χ4n) is 5.39. The summed E-state index contributed by atoms with van der Waals surface area (Å²) >= 11 is 6.20. The number of nitrogens with zero attached hydrogens (tertiary/aromatic N) is 1. The van der Waals surface area contributed by atoms with Crippen LogP contribution in [0.1, 0.15) is 201 Å². The van der Waals surface area contributed by atoms with Crippen LogP contribution in [0.25, 0.3) is 0 Å². The quantitative estimate of drug-likeness (QED) is 0.0290. The van der Waals surface area contributed by atoms with Gasteiger partial charge in [0, 0.05) is 0 Å². The van der Waals surface area contributed by atoms with Gasteiger partial charge in [0.25, 0.3) is 0 Å². The molecule has 4 heteroatoms. The lowest BCUT2D eigenvalue weighted by molar-refractivity contribution is -0.211. The summed E-state index contributed by atoms with van der Waals surface area (Å²) in [5.74, 6) is -0.239. The van der Waals surface area contributed by atoms with Crippen molar-refractivity contribution in [3.05, 3.63) is 24.3 Å². The molecule has 0 aromatic rings. The second-order valence-corrected chi connectivity index (χ2v) is 14.4. The highest BCUT2D eigenvalue weighted by atomic mass is 35.5. The van der Waals surface area contributed by atoms with E-state index in [4.69, 9.17) is 21.1 Å². The van der Waals surface area contributed by atoms with Crippen LogP contribution in [-0.2, 0) is 9.47 Å². The molecule has 0 aromatic heterocycles. The Morgan fingerprint density at radius 3 is 0.935 bits per heavy atom. The molecule has 0 saturated carbocycles. The van der Waals surface area contributed by atoms with E-state index in [1.807, 2.05) is 33.0 Å². The maximum Gasteiger partial charge on any atom is 0.178 e. The first kappa shape index (κ1) is 47.8. The molecule has 276 valence electrons.